The number of hydrogen-bond acceptors (Lipinski definition) is 8. The molecule has 3 fully saturated rings. The molecule has 0 bridgehead atoms. The summed E-state index contributed by atoms with van der Waals surface area (Å²) in [4.78, 5) is 33.2. The summed E-state index contributed by atoms with van der Waals surface area (Å²) in [5.74, 6) is 0.273. The van der Waals surface area contributed by atoms with Gasteiger partial charge in [-0.05, 0) is 48.6 Å². The van der Waals surface area contributed by atoms with E-state index in [0.29, 0.717) is 19.2 Å². The Bertz CT molecular complexity index is 1090. The van der Waals surface area contributed by atoms with Gasteiger partial charge in [-0.1, -0.05) is 12.8 Å². The molecular weight excluding hydrogens is 464 g/mol. The predicted molar refractivity (Wildman–Crippen MR) is 131 cm³/mol. The summed E-state index contributed by atoms with van der Waals surface area (Å²) in [5, 5.41) is 15.7. The van der Waals surface area contributed by atoms with Crippen molar-refractivity contribution in [2.75, 3.05) is 25.6 Å². The van der Waals surface area contributed by atoms with Crippen LogP contribution in [0.15, 0.2) is 36.5 Å². The van der Waals surface area contributed by atoms with Crippen LogP contribution in [0.2, 0.25) is 0 Å². The largest absolute Gasteiger partial charge is 0.497 e. The smallest absolute Gasteiger partial charge is 0.303 e. The van der Waals surface area contributed by atoms with E-state index in [1.165, 1.54) is 0 Å². The molecule has 1 amide bonds. The molecule has 10 heteroatoms. The predicted octanol–water partition coefficient (Wildman–Crippen LogP) is 2.64. The van der Waals surface area contributed by atoms with Crippen LogP contribution in [-0.4, -0.2) is 71.6 Å². The van der Waals surface area contributed by atoms with E-state index in [4.69, 9.17) is 14.2 Å². The molecule has 3 N–H and O–H groups in total. The summed E-state index contributed by atoms with van der Waals surface area (Å²) >= 11 is 0. The first-order valence-electron chi connectivity index (χ1n) is 12.4. The van der Waals surface area contributed by atoms with Gasteiger partial charge in [0.2, 0.25) is 11.9 Å². The first kappa shape index (κ1) is 24.5. The van der Waals surface area contributed by atoms with Crippen LogP contribution in [0.1, 0.15) is 38.5 Å². The summed E-state index contributed by atoms with van der Waals surface area (Å²) in [6.45, 7) is 0.749. The lowest BCUT2D eigenvalue weighted by molar-refractivity contribution is -0.140. The average Bonchev–Trinajstić information content (AvgIpc) is 3.58. The minimum absolute atomic E-state index is 0.0335. The molecule has 192 valence electrons. The third-order valence-electron chi connectivity index (χ3n) is 7.48. The van der Waals surface area contributed by atoms with E-state index in [1.54, 1.807) is 13.3 Å². The fourth-order valence-electron chi connectivity index (χ4n) is 5.72. The summed E-state index contributed by atoms with van der Waals surface area (Å²) in [5.41, 5.74) is 1.29. The number of carbonyl (C=O) groups excluding carboxylic acids is 1. The van der Waals surface area contributed by atoms with E-state index in [0.717, 1.165) is 42.7 Å². The van der Waals surface area contributed by atoms with Crippen LogP contribution >= 0.6 is 0 Å². The van der Waals surface area contributed by atoms with Crippen LogP contribution in [0.5, 0.6) is 5.75 Å². The molecule has 10 nitrogen and oxygen atoms in total. The highest BCUT2D eigenvalue weighted by molar-refractivity contribution is 5.78. The highest BCUT2D eigenvalue weighted by Crippen LogP contribution is 2.44. The van der Waals surface area contributed by atoms with Gasteiger partial charge in [-0.3, -0.25) is 9.59 Å². The number of aromatic nitrogens is 2. The third kappa shape index (κ3) is 5.29. The van der Waals surface area contributed by atoms with Crippen LogP contribution in [0.25, 0.3) is 11.3 Å². The number of carboxylic acids is 1. The van der Waals surface area contributed by atoms with Crippen molar-refractivity contribution in [3.8, 4) is 17.0 Å². The first-order valence-corrected chi connectivity index (χ1v) is 12.4. The molecule has 36 heavy (non-hydrogen) atoms. The molecule has 1 saturated carbocycles. The lowest BCUT2D eigenvalue weighted by Crippen LogP contribution is -2.46. The molecule has 1 aromatic heterocycles. The maximum atomic E-state index is 12.9. The van der Waals surface area contributed by atoms with Gasteiger partial charge in [0.15, 0.2) is 0 Å². The molecule has 0 radical (unpaired) electrons. The molecule has 1 aromatic carbocycles. The minimum Gasteiger partial charge on any atom is -0.497 e. The van der Waals surface area contributed by atoms with Gasteiger partial charge in [0.05, 0.1) is 44.5 Å². The number of methoxy groups -OCH3 is 1. The highest BCUT2D eigenvalue weighted by Gasteiger charge is 2.49. The Balaban J connectivity index is 1.18. The van der Waals surface area contributed by atoms with Crippen LogP contribution in [0.3, 0.4) is 0 Å². The second-order valence-electron chi connectivity index (χ2n) is 9.97. The van der Waals surface area contributed by atoms with E-state index in [1.807, 2.05) is 30.3 Å². The van der Waals surface area contributed by atoms with Crippen molar-refractivity contribution in [3.05, 3.63) is 36.5 Å². The molecule has 4 atom stereocenters. The zero-order chi connectivity index (χ0) is 25.1. The Morgan fingerprint density at radius 1 is 1.06 bits per heavy atom. The van der Waals surface area contributed by atoms with Crippen LogP contribution in [0.4, 0.5) is 5.95 Å². The topological polar surface area (TPSA) is 132 Å². The van der Waals surface area contributed by atoms with Crippen molar-refractivity contribution in [2.24, 2.45) is 5.41 Å². The van der Waals surface area contributed by atoms with Crippen molar-refractivity contribution in [2.45, 2.75) is 62.8 Å². The molecular formula is C26H32N4O6. The second kappa shape index (κ2) is 10.4. The number of carbonyl (C=O) groups is 2. The standard InChI is InChI=1S/C26H32N4O6/c1-34-17-6-4-16(5-7-17)18-8-11-27-25(29-18)30-20-15-36-23-19(14-35-24(20)23)28-21(31)12-26(13-22(32)33)9-2-3-10-26/h4-8,11,19-20,23-24H,2-3,9-10,12-15H2,1H3,(H,28,31)(H,32,33)(H,27,29,30)/t19-,20+,23-,24+/m0/s1. The number of carboxylic acid groups (broad SMARTS) is 1. The van der Waals surface area contributed by atoms with Gasteiger partial charge >= 0.3 is 5.97 Å². The zero-order valence-electron chi connectivity index (χ0n) is 20.3. The SMILES string of the molecule is COc1ccc(-c2ccnc(N[C@@H]3CO[C@@H]4[C@@H]3OC[C@@H]4NC(=O)CC3(CC(=O)O)CCCC3)n2)cc1. The highest BCUT2D eigenvalue weighted by atomic mass is 16.6. The van der Waals surface area contributed by atoms with Gasteiger partial charge in [0.25, 0.3) is 0 Å². The molecule has 2 aromatic rings. The van der Waals surface area contributed by atoms with E-state index in [9.17, 15) is 14.7 Å². The summed E-state index contributed by atoms with van der Waals surface area (Å²) in [6, 6.07) is 9.08. The summed E-state index contributed by atoms with van der Waals surface area (Å²) in [7, 11) is 1.63. The van der Waals surface area contributed by atoms with Crippen molar-refractivity contribution >= 4 is 17.8 Å². The molecule has 2 aliphatic heterocycles. The quantitative estimate of drug-likeness (QED) is 0.479. The number of benzene rings is 1. The van der Waals surface area contributed by atoms with Crippen molar-refractivity contribution in [3.63, 3.8) is 0 Å². The van der Waals surface area contributed by atoms with Crippen LogP contribution < -0.4 is 15.4 Å². The average molecular weight is 497 g/mol. The van der Waals surface area contributed by atoms with E-state index < -0.39 is 11.4 Å². The van der Waals surface area contributed by atoms with E-state index in [-0.39, 0.29) is 43.0 Å². The first-order chi connectivity index (χ1) is 17.4. The summed E-state index contributed by atoms with van der Waals surface area (Å²) in [6.07, 6.45) is 4.92. The number of amides is 1. The second-order valence-corrected chi connectivity index (χ2v) is 9.97. The number of fused-ring (bicyclic) bond motifs is 1. The Morgan fingerprint density at radius 2 is 1.75 bits per heavy atom. The Kier molecular flexibility index (Phi) is 7.06. The molecule has 2 saturated heterocycles. The monoisotopic (exact) mass is 496 g/mol. The number of nitrogens with one attached hydrogen (secondary N) is 2. The minimum atomic E-state index is -0.847. The molecule has 3 heterocycles. The van der Waals surface area contributed by atoms with Crippen LogP contribution in [0, 0.1) is 5.41 Å². The normalized spacial score (nSPS) is 26.4. The molecule has 5 rings (SSSR count). The third-order valence-corrected chi connectivity index (χ3v) is 7.48. The Hall–Kier alpha value is -3.24. The van der Waals surface area contributed by atoms with Crippen molar-refractivity contribution in [1.29, 1.82) is 0 Å². The number of hydrogen-bond donors (Lipinski definition) is 3. The maximum Gasteiger partial charge on any atom is 0.303 e. The van der Waals surface area contributed by atoms with E-state index >= 15 is 0 Å². The molecule has 3 aliphatic rings. The van der Waals surface area contributed by atoms with Gasteiger partial charge in [-0.2, -0.15) is 0 Å². The Labute approximate surface area is 209 Å². The fraction of sp³-hybridized carbons (Fsp3) is 0.538. The lowest BCUT2D eigenvalue weighted by atomic mass is 9.79. The molecule has 0 spiro atoms. The fourth-order valence-corrected chi connectivity index (χ4v) is 5.72. The number of anilines is 1. The lowest BCUT2D eigenvalue weighted by Gasteiger charge is -2.27. The van der Waals surface area contributed by atoms with Gasteiger partial charge in [-0.25, -0.2) is 9.97 Å². The van der Waals surface area contributed by atoms with Gasteiger partial charge in [0.1, 0.15) is 18.0 Å². The summed E-state index contributed by atoms with van der Waals surface area (Å²) < 4.78 is 17.2. The number of ether oxygens (including phenoxy) is 3. The van der Waals surface area contributed by atoms with Crippen LogP contribution in [-0.2, 0) is 19.1 Å². The zero-order valence-corrected chi connectivity index (χ0v) is 20.3. The Morgan fingerprint density at radius 3 is 2.44 bits per heavy atom. The van der Waals surface area contributed by atoms with Crippen molar-refractivity contribution < 1.29 is 28.9 Å². The number of nitrogens with zero attached hydrogens (tertiary/aromatic N) is 2. The van der Waals surface area contributed by atoms with Gasteiger partial charge in [0, 0.05) is 18.2 Å². The molecule has 1 aliphatic carbocycles. The van der Waals surface area contributed by atoms with E-state index in [2.05, 4.69) is 20.6 Å². The molecule has 0 unspecified atom stereocenters. The number of aliphatic carboxylic acids is 1. The number of rotatable bonds is 9. The van der Waals surface area contributed by atoms with Gasteiger partial charge in [-0.15, -0.1) is 0 Å². The van der Waals surface area contributed by atoms with Gasteiger partial charge < -0.3 is 30.0 Å². The van der Waals surface area contributed by atoms with Crippen molar-refractivity contribution in [1.82, 2.24) is 15.3 Å². The maximum absolute atomic E-state index is 12.9.